The number of aromatic nitrogens is 8. The van der Waals surface area contributed by atoms with Crippen molar-refractivity contribution < 1.29 is 16.8 Å². The summed E-state index contributed by atoms with van der Waals surface area (Å²) in [5, 5.41) is 0. The van der Waals surface area contributed by atoms with Crippen LogP contribution in [0.5, 0.6) is 0 Å². The standard InChI is InChI=1S/C28H16N8S4.2C5H14N2.Co/c1-2-6-14-13(5-1)21-29-22(14)32-26-19-20(40-12-11-39-19)28(36-26)34-24-16-8-4-3-7-15(16)23(30-24)33-27-18-17(25(31-21)35-27)37-9-10-38-18;2*1-7(2)5-3-4-6;/h1-8H,9-12H2;2*3-6H2,1-2H3;/q-2;;;+2. The van der Waals surface area contributed by atoms with Gasteiger partial charge in [-0.2, -0.15) is 0 Å². The summed E-state index contributed by atoms with van der Waals surface area (Å²) in [6.45, 7) is 3.82. The number of nitrogens with two attached hydrogens (primary N) is 2. The molecule has 8 bridgehead atoms. The van der Waals surface area contributed by atoms with Crippen LogP contribution in [0.25, 0.3) is 68.1 Å². The van der Waals surface area contributed by atoms with E-state index in [2.05, 4.69) is 38.0 Å². The van der Waals surface area contributed by atoms with Crippen LogP contribution in [0.3, 0.4) is 0 Å². The maximum absolute atomic E-state index is 5.25. The molecule has 55 heavy (non-hydrogen) atoms. The van der Waals surface area contributed by atoms with Gasteiger partial charge in [-0.1, -0.05) is 48.5 Å². The van der Waals surface area contributed by atoms with E-state index in [0.29, 0.717) is 45.9 Å². The smallest absolute Gasteiger partial charge is 0.356 e. The normalized spacial score (nSPS) is 13.7. The summed E-state index contributed by atoms with van der Waals surface area (Å²) in [6.07, 6.45) is 2.21. The maximum atomic E-state index is 5.25. The van der Waals surface area contributed by atoms with E-state index in [1.54, 1.807) is 47.0 Å². The second-order valence-corrected chi connectivity index (χ2v) is 17.6. The van der Waals surface area contributed by atoms with Crippen LogP contribution in [0.15, 0.2) is 68.1 Å². The average Bonchev–Trinajstić information content (AvgIpc) is 3.92. The third-order valence-corrected chi connectivity index (χ3v) is 13.6. The van der Waals surface area contributed by atoms with Crippen LogP contribution in [-0.2, 0) is 16.8 Å². The van der Waals surface area contributed by atoms with Crippen molar-refractivity contribution in [1.82, 2.24) is 49.7 Å². The molecule has 17 heteroatoms. The fourth-order valence-corrected chi connectivity index (χ4v) is 10.6. The van der Waals surface area contributed by atoms with Gasteiger partial charge < -0.3 is 51.2 Å². The topological polar surface area (TPSA) is 164 Å². The second kappa shape index (κ2) is 19.5. The van der Waals surface area contributed by atoms with Gasteiger partial charge in [0.05, 0.1) is 23.3 Å². The van der Waals surface area contributed by atoms with Gasteiger partial charge >= 0.3 is 16.8 Å². The molecule has 5 aromatic rings. The van der Waals surface area contributed by atoms with Crippen molar-refractivity contribution in [2.75, 3.05) is 77.4 Å². The zero-order valence-electron chi connectivity index (χ0n) is 31.3. The van der Waals surface area contributed by atoms with Crippen molar-refractivity contribution in [3.05, 3.63) is 48.5 Å². The molecule has 0 amide bonds. The van der Waals surface area contributed by atoms with Crippen molar-refractivity contribution in [1.29, 1.82) is 0 Å². The number of nitrogens with zero attached hydrogens (tertiary/aromatic N) is 10. The zero-order chi connectivity index (χ0) is 37.6. The average molecular weight is 856 g/mol. The van der Waals surface area contributed by atoms with Gasteiger partial charge in [0.1, 0.15) is 0 Å². The Balaban J connectivity index is 0.000000296. The molecule has 0 atom stereocenters. The summed E-state index contributed by atoms with van der Waals surface area (Å²) in [4.78, 5) is 48.3. The minimum absolute atomic E-state index is 0. The van der Waals surface area contributed by atoms with Gasteiger partial charge in [-0.05, 0) is 67.2 Å². The van der Waals surface area contributed by atoms with Gasteiger partial charge in [-0.3, -0.25) is 0 Å². The van der Waals surface area contributed by atoms with Crippen molar-refractivity contribution in [3.8, 4) is 45.6 Å². The molecule has 4 aliphatic heterocycles. The van der Waals surface area contributed by atoms with Gasteiger partial charge in [-0.25, -0.2) is 9.97 Å². The van der Waals surface area contributed by atoms with E-state index >= 15 is 0 Å². The number of hydrogen-bond donors (Lipinski definition) is 2. The Bertz CT molecular complexity index is 1980. The van der Waals surface area contributed by atoms with Crippen LogP contribution in [0.2, 0.25) is 0 Å². The summed E-state index contributed by atoms with van der Waals surface area (Å²) in [7, 11) is 8.20. The molecule has 2 aromatic carbocycles. The van der Waals surface area contributed by atoms with Crippen LogP contribution in [0.4, 0.5) is 0 Å². The molecule has 0 unspecified atom stereocenters. The molecule has 0 aliphatic carbocycles. The molecule has 9 rings (SSSR count). The first kappa shape index (κ1) is 41.7. The molecule has 0 fully saturated rings. The van der Waals surface area contributed by atoms with E-state index in [4.69, 9.17) is 51.3 Å². The predicted octanol–water partition coefficient (Wildman–Crippen LogP) is 6.01. The molecule has 0 saturated heterocycles. The molecular formula is C38H44CoN12S4. The first-order valence-corrected chi connectivity index (χ1v) is 21.9. The minimum atomic E-state index is 0. The Morgan fingerprint density at radius 1 is 0.491 bits per heavy atom. The first-order valence-electron chi connectivity index (χ1n) is 17.9. The van der Waals surface area contributed by atoms with Crippen molar-refractivity contribution in [2.45, 2.75) is 32.4 Å². The molecule has 4 N–H and O–H groups in total. The van der Waals surface area contributed by atoms with Crippen LogP contribution in [0, 0.1) is 0 Å². The van der Waals surface area contributed by atoms with Crippen LogP contribution >= 0.6 is 47.0 Å². The number of benzene rings is 2. The van der Waals surface area contributed by atoms with E-state index in [1.807, 2.05) is 48.5 Å². The van der Waals surface area contributed by atoms with Gasteiger partial charge in [0, 0.05) is 87.4 Å². The van der Waals surface area contributed by atoms with Crippen LogP contribution in [0.1, 0.15) is 12.8 Å². The largest absolute Gasteiger partial charge is 2.00 e. The number of fused-ring (bicyclic) bond motifs is 20. The van der Waals surface area contributed by atoms with Crippen molar-refractivity contribution in [2.24, 2.45) is 11.5 Å². The summed E-state index contributed by atoms with van der Waals surface area (Å²) in [6, 6.07) is 16.2. The number of rotatable bonds is 6. The summed E-state index contributed by atoms with van der Waals surface area (Å²) >= 11 is 7.09. The van der Waals surface area contributed by atoms with Gasteiger partial charge in [0.15, 0.2) is 0 Å². The summed E-state index contributed by atoms with van der Waals surface area (Å²) in [5.74, 6) is 6.40. The Hall–Kier alpha value is -2.97. The monoisotopic (exact) mass is 855 g/mol. The van der Waals surface area contributed by atoms with E-state index < -0.39 is 0 Å². The SMILES string of the molecule is CN(C)CCCN.CN(C)CCCN.[Co+2].c1ccc2c(c1)-c1nc-2nc2[n-]c(nc3nc(nc4[n-]c(n1)c1c4SCCS1)-c1ccccc1-3)c1c2SCCS1. The second-order valence-electron chi connectivity index (χ2n) is 13.2. The Morgan fingerprint density at radius 2 is 0.764 bits per heavy atom. The third-order valence-electron chi connectivity index (χ3n) is 8.51. The quantitative estimate of drug-likeness (QED) is 0.200. The molecule has 7 heterocycles. The number of thioether (sulfide) groups is 4. The molecule has 289 valence electrons. The van der Waals surface area contributed by atoms with Crippen molar-refractivity contribution in [3.63, 3.8) is 0 Å². The van der Waals surface area contributed by atoms with Gasteiger partial charge in [0.25, 0.3) is 0 Å². The van der Waals surface area contributed by atoms with E-state index in [-0.39, 0.29) is 16.8 Å². The summed E-state index contributed by atoms with van der Waals surface area (Å²) < 4.78 is 0. The Kier molecular flexibility index (Phi) is 14.7. The van der Waals surface area contributed by atoms with E-state index in [9.17, 15) is 0 Å². The van der Waals surface area contributed by atoms with E-state index in [1.165, 1.54) is 0 Å². The predicted molar refractivity (Wildman–Crippen MR) is 226 cm³/mol. The molecule has 0 spiro atoms. The molecule has 3 aromatic heterocycles. The third kappa shape index (κ3) is 9.60. The summed E-state index contributed by atoms with van der Waals surface area (Å²) in [5.41, 5.74) is 16.8. The Morgan fingerprint density at radius 3 is 0.982 bits per heavy atom. The Labute approximate surface area is 349 Å². The maximum Gasteiger partial charge on any atom is 2.00 e. The van der Waals surface area contributed by atoms with Crippen molar-refractivity contribution >= 4 is 69.6 Å². The fraction of sp³-hybridized carbons (Fsp3) is 0.368. The minimum Gasteiger partial charge on any atom is -0.356 e. The molecule has 1 radical (unpaired) electrons. The van der Waals surface area contributed by atoms with Gasteiger partial charge in [-0.15, -0.1) is 47.0 Å². The van der Waals surface area contributed by atoms with Gasteiger partial charge in [0.2, 0.25) is 0 Å². The molecular weight excluding hydrogens is 812 g/mol. The molecule has 12 nitrogen and oxygen atoms in total. The zero-order valence-corrected chi connectivity index (χ0v) is 35.6. The molecule has 4 aliphatic rings. The fourth-order valence-electron chi connectivity index (χ4n) is 5.95. The molecule has 0 saturated carbocycles. The van der Waals surface area contributed by atoms with Crippen LogP contribution < -0.4 is 21.4 Å². The van der Waals surface area contributed by atoms with E-state index in [0.717, 1.165) is 104 Å². The first-order chi connectivity index (χ1) is 26.3. The number of hydrogen-bond acceptors (Lipinski definition) is 14. The van der Waals surface area contributed by atoms with Crippen LogP contribution in [-0.4, -0.2) is 117 Å².